The van der Waals surface area contributed by atoms with Gasteiger partial charge in [0, 0.05) is 10.9 Å². The third-order valence-corrected chi connectivity index (χ3v) is 4.24. The molecule has 10 heteroatoms. The first-order valence-electron chi connectivity index (χ1n) is 9.02. The van der Waals surface area contributed by atoms with Crippen LogP contribution in [0.25, 0.3) is 22.3 Å². The van der Waals surface area contributed by atoms with Crippen LogP contribution in [-0.4, -0.2) is 34.8 Å². The van der Waals surface area contributed by atoms with Gasteiger partial charge >= 0.3 is 12.6 Å². The molecule has 31 heavy (non-hydrogen) atoms. The van der Waals surface area contributed by atoms with Crippen molar-refractivity contribution in [2.75, 3.05) is 7.11 Å². The number of pyridine rings is 1. The highest BCUT2D eigenvalue weighted by molar-refractivity contribution is 5.90. The Morgan fingerprint density at radius 3 is 2.71 bits per heavy atom. The van der Waals surface area contributed by atoms with E-state index in [9.17, 15) is 13.6 Å². The Balaban J connectivity index is 1.44. The van der Waals surface area contributed by atoms with Crippen LogP contribution in [0, 0.1) is 0 Å². The molecule has 8 nitrogen and oxygen atoms in total. The van der Waals surface area contributed by atoms with Crippen LogP contribution in [0.2, 0.25) is 0 Å². The van der Waals surface area contributed by atoms with E-state index in [4.69, 9.17) is 14.0 Å². The third kappa shape index (κ3) is 4.58. The highest BCUT2D eigenvalue weighted by atomic mass is 19.3. The SMILES string of the molecule is COc1cc(-c2noc(COC(=O)c3ccc4ccccc4n3)n2)ccc1OC(F)F. The Labute approximate surface area is 174 Å². The number of hydrogen-bond donors (Lipinski definition) is 0. The number of fused-ring (bicyclic) bond motifs is 1. The molecular formula is C21H15F2N3O5. The number of halogens is 2. The summed E-state index contributed by atoms with van der Waals surface area (Å²) in [5.41, 5.74) is 1.26. The lowest BCUT2D eigenvalue weighted by Crippen LogP contribution is -2.07. The Kier molecular flexibility index (Phi) is 5.69. The van der Waals surface area contributed by atoms with E-state index < -0.39 is 12.6 Å². The number of carbonyl (C=O) groups is 1. The predicted octanol–water partition coefficient (Wildman–Crippen LogP) is 4.25. The molecule has 2 aromatic carbocycles. The van der Waals surface area contributed by atoms with Gasteiger partial charge in [-0.2, -0.15) is 13.8 Å². The van der Waals surface area contributed by atoms with Gasteiger partial charge in [-0.1, -0.05) is 29.4 Å². The van der Waals surface area contributed by atoms with Crippen molar-refractivity contribution in [3.05, 3.63) is 66.2 Å². The summed E-state index contributed by atoms with van der Waals surface area (Å²) in [7, 11) is 1.32. The summed E-state index contributed by atoms with van der Waals surface area (Å²) >= 11 is 0. The largest absolute Gasteiger partial charge is 0.493 e. The molecule has 4 rings (SSSR count). The van der Waals surface area contributed by atoms with Gasteiger partial charge < -0.3 is 18.7 Å². The van der Waals surface area contributed by atoms with E-state index in [1.165, 1.54) is 25.3 Å². The van der Waals surface area contributed by atoms with E-state index >= 15 is 0 Å². The fraction of sp³-hybridized carbons (Fsp3) is 0.143. The van der Waals surface area contributed by atoms with Crippen molar-refractivity contribution in [1.82, 2.24) is 15.1 Å². The number of ether oxygens (including phenoxy) is 3. The van der Waals surface area contributed by atoms with Gasteiger partial charge in [0.25, 0.3) is 5.89 Å². The van der Waals surface area contributed by atoms with Crippen molar-refractivity contribution in [2.45, 2.75) is 13.2 Å². The maximum atomic E-state index is 12.4. The van der Waals surface area contributed by atoms with Crippen molar-refractivity contribution in [1.29, 1.82) is 0 Å². The first kappa shape index (κ1) is 20.2. The fourth-order valence-corrected chi connectivity index (χ4v) is 2.81. The lowest BCUT2D eigenvalue weighted by Gasteiger charge is -2.10. The van der Waals surface area contributed by atoms with Gasteiger partial charge in [-0.15, -0.1) is 0 Å². The Bertz CT molecular complexity index is 1230. The van der Waals surface area contributed by atoms with Crippen LogP contribution < -0.4 is 9.47 Å². The molecule has 4 aromatic rings. The molecule has 0 aliphatic heterocycles. The van der Waals surface area contributed by atoms with Crippen LogP contribution in [-0.2, 0) is 11.3 Å². The summed E-state index contributed by atoms with van der Waals surface area (Å²) in [5.74, 6) is -0.465. The monoisotopic (exact) mass is 427 g/mol. The molecule has 0 radical (unpaired) electrons. The lowest BCUT2D eigenvalue weighted by atomic mass is 10.2. The van der Waals surface area contributed by atoms with Crippen LogP contribution in [0.3, 0.4) is 0 Å². The normalized spacial score (nSPS) is 11.0. The van der Waals surface area contributed by atoms with Crippen LogP contribution in [0.4, 0.5) is 8.78 Å². The molecule has 0 aliphatic carbocycles. The smallest absolute Gasteiger partial charge is 0.387 e. The first-order chi connectivity index (χ1) is 15.0. The number of hydrogen-bond acceptors (Lipinski definition) is 8. The number of alkyl halides is 2. The van der Waals surface area contributed by atoms with E-state index in [1.807, 2.05) is 18.2 Å². The quantitative estimate of drug-likeness (QED) is 0.404. The first-order valence-corrected chi connectivity index (χ1v) is 9.02. The molecule has 2 aromatic heterocycles. The van der Waals surface area contributed by atoms with Crippen molar-refractivity contribution < 1.29 is 32.3 Å². The minimum absolute atomic E-state index is 0.0519. The standard InChI is InChI=1S/C21H15F2N3O5/c1-28-17-10-13(7-9-16(17)30-21(22)23)19-25-18(31-26-19)11-29-20(27)15-8-6-12-4-2-3-5-14(12)24-15/h2-10,21H,11H2,1H3. The van der Waals surface area contributed by atoms with Crippen LogP contribution >= 0.6 is 0 Å². The van der Waals surface area contributed by atoms with Crippen LogP contribution in [0.1, 0.15) is 16.4 Å². The highest BCUT2D eigenvalue weighted by Gasteiger charge is 2.16. The molecule has 0 amide bonds. The summed E-state index contributed by atoms with van der Waals surface area (Å²) < 4.78 is 44.6. The Hall–Kier alpha value is -4.08. The molecule has 0 unspecified atom stereocenters. The second kappa shape index (κ2) is 8.74. The molecule has 0 aliphatic rings. The Morgan fingerprint density at radius 1 is 1.06 bits per heavy atom. The van der Waals surface area contributed by atoms with E-state index in [2.05, 4.69) is 19.9 Å². The van der Waals surface area contributed by atoms with Gasteiger partial charge in [-0.05, 0) is 30.3 Å². The number of methoxy groups -OCH3 is 1. The van der Waals surface area contributed by atoms with E-state index in [0.717, 1.165) is 5.39 Å². The van der Waals surface area contributed by atoms with Crippen LogP contribution in [0.15, 0.2) is 59.1 Å². The molecule has 0 fully saturated rings. The van der Waals surface area contributed by atoms with Gasteiger partial charge in [0.1, 0.15) is 5.69 Å². The van der Waals surface area contributed by atoms with Crippen LogP contribution in [0.5, 0.6) is 11.5 Å². The average Bonchev–Trinajstić information content (AvgIpc) is 3.26. The second-order valence-corrected chi connectivity index (χ2v) is 6.22. The van der Waals surface area contributed by atoms with Gasteiger partial charge in [0.05, 0.1) is 12.6 Å². The molecule has 0 spiro atoms. The molecular weight excluding hydrogens is 412 g/mol. The summed E-state index contributed by atoms with van der Waals surface area (Å²) in [5, 5.41) is 4.71. The predicted molar refractivity (Wildman–Crippen MR) is 104 cm³/mol. The zero-order chi connectivity index (χ0) is 21.8. The minimum atomic E-state index is -2.98. The number of para-hydroxylation sites is 1. The minimum Gasteiger partial charge on any atom is -0.493 e. The number of rotatable bonds is 7. The zero-order valence-corrected chi connectivity index (χ0v) is 16.1. The molecule has 0 bridgehead atoms. The van der Waals surface area contributed by atoms with Gasteiger partial charge in [0.2, 0.25) is 5.82 Å². The topological polar surface area (TPSA) is 96.6 Å². The van der Waals surface area contributed by atoms with Gasteiger partial charge in [-0.25, -0.2) is 9.78 Å². The second-order valence-electron chi connectivity index (χ2n) is 6.22. The molecule has 2 heterocycles. The molecule has 0 atom stereocenters. The van der Waals surface area contributed by atoms with Crippen molar-refractivity contribution in [3.63, 3.8) is 0 Å². The molecule has 0 saturated carbocycles. The van der Waals surface area contributed by atoms with E-state index in [0.29, 0.717) is 11.1 Å². The summed E-state index contributed by atoms with van der Waals surface area (Å²) in [6, 6.07) is 14.9. The highest BCUT2D eigenvalue weighted by Crippen LogP contribution is 2.32. The summed E-state index contributed by atoms with van der Waals surface area (Å²) in [6.45, 7) is -3.24. The maximum Gasteiger partial charge on any atom is 0.387 e. The summed E-state index contributed by atoms with van der Waals surface area (Å²) in [4.78, 5) is 20.7. The van der Waals surface area contributed by atoms with Crippen molar-refractivity contribution in [2.24, 2.45) is 0 Å². The molecule has 158 valence electrons. The third-order valence-electron chi connectivity index (χ3n) is 4.24. The number of aromatic nitrogens is 3. The average molecular weight is 427 g/mol. The zero-order valence-electron chi connectivity index (χ0n) is 16.1. The summed E-state index contributed by atoms with van der Waals surface area (Å²) in [6.07, 6.45) is 0. The van der Waals surface area contributed by atoms with E-state index in [-0.39, 0.29) is 35.5 Å². The van der Waals surface area contributed by atoms with Gasteiger partial charge in [-0.3, -0.25) is 0 Å². The number of nitrogens with zero attached hydrogens (tertiary/aromatic N) is 3. The van der Waals surface area contributed by atoms with E-state index in [1.54, 1.807) is 18.2 Å². The number of esters is 1. The maximum absolute atomic E-state index is 12.4. The van der Waals surface area contributed by atoms with Crippen molar-refractivity contribution in [3.8, 4) is 22.9 Å². The number of benzene rings is 2. The lowest BCUT2D eigenvalue weighted by molar-refractivity contribution is -0.0512. The number of carbonyl (C=O) groups excluding carboxylic acids is 1. The Morgan fingerprint density at radius 2 is 1.90 bits per heavy atom. The van der Waals surface area contributed by atoms with Crippen molar-refractivity contribution >= 4 is 16.9 Å². The molecule has 0 saturated heterocycles. The fourth-order valence-electron chi connectivity index (χ4n) is 2.81. The molecule has 0 N–H and O–H groups in total. The van der Waals surface area contributed by atoms with Gasteiger partial charge in [0.15, 0.2) is 18.1 Å².